The van der Waals surface area contributed by atoms with E-state index in [1.165, 1.54) is 6.20 Å². The number of nitrogens with one attached hydrogen (secondary N) is 1. The molecule has 0 fully saturated rings. The van der Waals surface area contributed by atoms with Gasteiger partial charge in [0.2, 0.25) is 0 Å². The molecule has 0 atom stereocenters. The van der Waals surface area contributed by atoms with Crippen LogP contribution in [0.1, 0.15) is 5.56 Å². The van der Waals surface area contributed by atoms with Gasteiger partial charge < -0.3 is 10.2 Å². The maximum Gasteiger partial charge on any atom is 0.267 e. The SMILES string of the molecule is Cc1ccc(NC(=O)C(C#N)=CN(C)C)cc1Cl. The second kappa shape index (κ2) is 6.08. The first-order valence-corrected chi connectivity index (χ1v) is 5.67. The summed E-state index contributed by atoms with van der Waals surface area (Å²) in [4.78, 5) is 13.4. The van der Waals surface area contributed by atoms with Crippen molar-refractivity contribution in [1.82, 2.24) is 4.90 Å². The monoisotopic (exact) mass is 263 g/mol. The van der Waals surface area contributed by atoms with E-state index in [0.717, 1.165) is 5.56 Å². The van der Waals surface area contributed by atoms with Gasteiger partial charge in [-0.15, -0.1) is 0 Å². The zero-order valence-electron chi connectivity index (χ0n) is 10.5. The van der Waals surface area contributed by atoms with Crippen LogP contribution >= 0.6 is 11.6 Å². The van der Waals surface area contributed by atoms with E-state index in [1.807, 2.05) is 13.0 Å². The lowest BCUT2D eigenvalue weighted by atomic mass is 10.2. The Morgan fingerprint density at radius 2 is 2.17 bits per heavy atom. The molecule has 0 spiro atoms. The Kier molecular flexibility index (Phi) is 4.75. The van der Waals surface area contributed by atoms with Crippen molar-refractivity contribution < 1.29 is 4.79 Å². The highest BCUT2D eigenvalue weighted by molar-refractivity contribution is 6.31. The number of nitrogens with zero attached hydrogens (tertiary/aromatic N) is 2. The Morgan fingerprint density at radius 1 is 1.50 bits per heavy atom. The van der Waals surface area contributed by atoms with E-state index >= 15 is 0 Å². The molecule has 0 heterocycles. The Morgan fingerprint density at radius 3 is 2.67 bits per heavy atom. The standard InChI is InChI=1S/C13H14ClN3O/c1-9-4-5-11(6-12(9)14)16-13(18)10(7-15)8-17(2)3/h4-6,8H,1-3H3,(H,16,18). The van der Waals surface area contributed by atoms with E-state index in [-0.39, 0.29) is 5.57 Å². The molecule has 1 aromatic rings. The Labute approximate surface area is 111 Å². The lowest BCUT2D eigenvalue weighted by Crippen LogP contribution is -2.16. The fourth-order valence-electron chi connectivity index (χ4n) is 1.27. The Bertz CT molecular complexity index is 530. The highest BCUT2D eigenvalue weighted by Gasteiger charge is 2.10. The third-order valence-electron chi connectivity index (χ3n) is 2.18. The molecule has 0 radical (unpaired) electrons. The second-order valence-electron chi connectivity index (χ2n) is 4.04. The Balaban J connectivity index is 2.87. The van der Waals surface area contributed by atoms with Gasteiger partial charge in [-0.25, -0.2) is 0 Å². The van der Waals surface area contributed by atoms with Crippen LogP contribution in [0.15, 0.2) is 30.0 Å². The maximum atomic E-state index is 11.8. The molecule has 0 bridgehead atoms. The topological polar surface area (TPSA) is 56.1 Å². The maximum absolute atomic E-state index is 11.8. The van der Waals surface area contributed by atoms with Crippen LogP contribution in [0.4, 0.5) is 5.69 Å². The molecule has 1 amide bonds. The number of benzene rings is 1. The van der Waals surface area contributed by atoms with Crippen molar-refractivity contribution in [1.29, 1.82) is 5.26 Å². The highest BCUT2D eigenvalue weighted by Crippen LogP contribution is 2.20. The molecule has 0 aromatic heterocycles. The average Bonchev–Trinajstić information content (AvgIpc) is 2.30. The van der Waals surface area contributed by atoms with Crippen molar-refractivity contribution in [2.24, 2.45) is 0 Å². The summed E-state index contributed by atoms with van der Waals surface area (Å²) in [7, 11) is 3.49. The normalized spacial score (nSPS) is 10.7. The van der Waals surface area contributed by atoms with Crippen LogP contribution < -0.4 is 5.32 Å². The van der Waals surface area contributed by atoms with Crippen LogP contribution in [0.3, 0.4) is 0 Å². The number of aryl methyl sites for hydroxylation is 1. The van der Waals surface area contributed by atoms with E-state index in [2.05, 4.69) is 5.32 Å². The minimum Gasteiger partial charge on any atom is -0.382 e. The highest BCUT2D eigenvalue weighted by atomic mass is 35.5. The summed E-state index contributed by atoms with van der Waals surface area (Å²) in [5, 5.41) is 12.1. The smallest absolute Gasteiger partial charge is 0.267 e. The van der Waals surface area contributed by atoms with Gasteiger partial charge in [0.15, 0.2) is 0 Å². The molecule has 5 heteroatoms. The van der Waals surface area contributed by atoms with Gasteiger partial charge in [-0.05, 0) is 24.6 Å². The molecule has 0 aliphatic heterocycles. The quantitative estimate of drug-likeness (QED) is 0.674. The summed E-state index contributed by atoms with van der Waals surface area (Å²) < 4.78 is 0. The number of carbonyl (C=O) groups excluding carboxylic acids is 1. The first-order chi connectivity index (χ1) is 8.43. The minimum atomic E-state index is -0.453. The average molecular weight is 264 g/mol. The molecule has 1 aromatic carbocycles. The fraction of sp³-hybridized carbons (Fsp3) is 0.231. The summed E-state index contributed by atoms with van der Waals surface area (Å²) in [6, 6.07) is 7.05. The first kappa shape index (κ1) is 14.1. The van der Waals surface area contributed by atoms with Crippen molar-refractivity contribution in [3.8, 4) is 6.07 Å². The van der Waals surface area contributed by atoms with Crippen LogP contribution in [0.5, 0.6) is 0 Å². The molecule has 0 saturated heterocycles. The summed E-state index contributed by atoms with van der Waals surface area (Å²) in [5.74, 6) is -0.453. The molecule has 0 saturated carbocycles. The molecule has 0 unspecified atom stereocenters. The summed E-state index contributed by atoms with van der Waals surface area (Å²) >= 11 is 5.96. The second-order valence-corrected chi connectivity index (χ2v) is 4.44. The minimum absolute atomic E-state index is 0.0386. The molecule has 1 N–H and O–H groups in total. The zero-order chi connectivity index (χ0) is 13.7. The number of anilines is 1. The van der Waals surface area contributed by atoms with Crippen molar-refractivity contribution in [3.63, 3.8) is 0 Å². The van der Waals surface area contributed by atoms with E-state index in [0.29, 0.717) is 10.7 Å². The van der Waals surface area contributed by atoms with E-state index < -0.39 is 5.91 Å². The summed E-state index contributed by atoms with van der Waals surface area (Å²) in [5.41, 5.74) is 1.53. The van der Waals surface area contributed by atoms with Crippen molar-refractivity contribution in [2.45, 2.75) is 6.92 Å². The van der Waals surface area contributed by atoms with E-state index in [1.54, 1.807) is 37.2 Å². The van der Waals surface area contributed by atoms with Gasteiger partial charge in [-0.3, -0.25) is 4.79 Å². The van der Waals surface area contributed by atoms with E-state index in [4.69, 9.17) is 16.9 Å². The molecular formula is C13H14ClN3O. The van der Waals surface area contributed by atoms with Gasteiger partial charge in [0.1, 0.15) is 11.6 Å². The predicted octanol–water partition coefficient (Wildman–Crippen LogP) is 2.56. The van der Waals surface area contributed by atoms with Crippen LogP contribution in [0.2, 0.25) is 5.02 Å². The van der Waals surface area contributed by atoms with Crippen molar-refractivity contribution in [3.05, 3.63) is 40.6 Å². The molecular weight excluding hydrogens is 250 g/mol. The van der Waals surface area contributed by atoms with Crippen molar-refractivity contribution in [2.75, 3.05) is 19.4 Å². The lowest BCUT2D eigenvalue weighted by molar-refractivity contribution is -0.112. The number of halogens is 1. The van der Waals surface area contributed by atoms with Gasteiger partial charge in [-0.2, -0.15) is 5.26 Å². The predicted molar refractivity (Wildman–Crippen MR) is 72.2 cm³/mol. The largest absolute Gasteiger partial charge is 0.382 e. The van der Waals surface area contributed by atoms with Crippen LogP contribution in [0.25, 0.3) is 0 Å². The van der Waals surface area contributed by atoms with Crippen molar-refractivity contribution >= 4 is 23.2 Å². The van der Waals surface area contributed by atoms with Gasteiger partial charge in [-0.1, -0.05) is 17.7 Å². The van der Waals surface area contributed by atoms with Gasteiger partial charge in [0, 0.05) is 31.0 Å². The molecule has 0 aliphatic carbocycles. The number of nitriles is 1. The molecule has 94 valence electrons. The zero-order valence-corrected chi connectivity index (χ0v) is 11.2. The third-order valence-corrected chi connectivity index (χ3v) is 2.59. The number of carbonyl (C=O) groups is 1. The number of hydrogen-bond donors (Lipinski definition) is 1. The summed E-state index contributed by atoms with van der Waals surface area (Å²) in [6.45, 7) is 1.88. The third kappa shape index (κ3) is 3.79. The molecule has 1 rings (SSSR count). The number of amides is 1. The van der Waals surface area contributed by atoms with Crippen LogP contribution in [-0.2, 0) is 4.79 Å². The van der Waals surface area contributed by atoms with Crippen LogP contribution in [0, 0.1) is 18.3 Å². The number of rotatable bonds is 3. The van der Waals surface area contributed by atoms with Gasteiger partial charge >= 0.3 is 0 Å². The fourth-order valence-corrected chi connectivity index (χ4v) is 1.45. The lowest BCUT2D eigenvalue weighted by Gasteiger charge is -2.08. The molecule has 4 nitrogen and oxygen atoms in total. The molecule has 0 aliphatic rings. The number of hydrogen-bond acceptors (Lipinski definition) is 3. The van der Waals surface area contributed by atoms with Crippen LogP contribution in [-0.4, -0.2) is 24.9 Å². The van der Waals surface area contributed by atoms with E-state index in [9.17, 15) is 4.79 Å². The van der Waals surface area contributed by atoms with Gasteiger partial charge in [0.25, 0.3) is 5.91 Å². The first-order valence-electron chi connectivity index (χ1n) is 5.30. The summed E-state index contributed by atoms with van der Waals surface area (Å²) in [6.07, 6.45) is 1.46. The molecule has 18 heavy (non-hydrogen) atoms. The Hall–Kier alpha value is -1.99. The van der Waals surface area contributed by atoms with Gasteiger partial charge in [0.05, 0.1) is 0 Å².